The molecule has 3 rings (SSSR count). The Hall–Kier alpha value is -2.86. The fourth-order valence-electron chi connectivity index (χ4n) is 2.81. The van der Waals surface area contributed by atoms with Gasteiger partial charge in [-0.2, -0.15) is 0 Å². The summed E-state index contributed by atoms with van der Waals surface area (Å²) in [5.74, 6) is -1.04. The van der Waals surface area contributed by atoms with E-state index in [1.165, 1.54) is 4.90 Å². The van der Waals surface area contributed by atoms with Crippen molar-refractivity contribution in [2.45, 2.75) is 12.2 Å². The van der Waals surface area contributed by atoms with Crippen LogP contribution in [0.1, 0.15) is 11.1 Å². The summed E-state index contributed by atoms with van der Waals surface area (Å²) >= 11 is 0. The highest BCUT2D eigenvalue weighted by Crippen LogP contribution is 2.36. The number of hydrogen-bond acceptors (Lipinski definition) is 4. The summed E-state index contributed by atoms with van der Waals surface area (Å²) in [5.41, 5.74) is 0.960. The van der Waals surface area contributed by atoms with Crippen molar-refractivity contribution in [1.29, 1.82) is 0 Å². The Kier molecular flexibility index (Phi) is 5.00. The lowest BCUT2D eigenvalue weighted by atomic mass is 9.86. The second-order valence-electron chi connectivity index (χ2n) is 5.94. The van der Waals surface area contributed by atoms with Crippen LogP contribution >= 0.6 is 0 Å². The Bertz CT molecular complexity index is 726. The highest BCUT2D eigenvalue weighted by molar-refractivity contribution is 5.70. The zero-order chi connectivity index (χ0) is 17.7. The van der Waals surface area contributed by atoms with Crippen molar-refractivity contribution in [3.8, 4) is 0 Å². The first-order valence-corrected chi connectivity index (χ1v) is 7.96. The Balaban J connectivity index is 1.61. The summed E-state index contributed by atoms with van der Waals surface area (Å²) in [6.07, 6.45) is -0.436. The summed E-state index contributed by atoms with van der Waals surface area (Å²) in [6, 6.07) is 18.8. The second-order valence-corrected chi connectivity index (χ2v) is 5.94. The second kappa shape index (κ2) is 7.36. The van der Waals surface area contributed by atoms with Crippen LogP contribution < -0.4 is 0 Å². The van der Waals surface area contributed by atoms with E-state index in [4.69, 9.17) is 14.6 Å². The van der Waals surface area contributed by atoms with E-state index in [1.54, 1.807) is 0 Å². The maximum absolute atomic E-state index is 12.2. The fraction of sp³-hybridized carbons (Fsp3) is 0.263. The Morgan fingerprint density at radius 2 is 1.60 bits per heavy atom. The van der Waals surface area contributed by atoms with Crippen LogP contribution in [0.2, 0.25) is 0 Å². The number of benzene rings is 2. The molecule has 0 atom stereocenters. The molecule has 1 aliphatic rings. The molecule has 2 aromatic carbocycles. The number of hydrogen-bond donors (Lipinski definition) is 1. The number of likely N-dealkylation sites (tertiary alicyclic amines) is 1. The zero-order valence-electron chi connectivity index (χ0n) is 13.6. The van der Waals surface area contributed by atoms with Crippen molar-refractivity contribution in [2.24, 2.45) is 0 Å². The molecule has 1 heterocycles. The van der Waals surface area contributed by atoms with Crippen molar-refractivity contribution in [3.63, 3.8) is 0 Å². The number of carboxylic acids is 1. The topological polar surface area (TPSA) is 76.1 Å². The van der Waals surface area contributed by atoms with E-state index < -0.39 is 24.3 Å². The van der Waals surface area contributed by atoms with Crippen molar-refractivity contribution in [3.05, 3.63) is 71.8 Å². The van der Waals surface area contributed by atoms with E-state index in [1.807, 2.05) is 60.7 Å². The van der Waals surface area contributed by atoms with Gasteiger partial charge in [-0.05, 0) is 11.1 Å². The van der Waals surface area contributed by atoms with E-state index in [0.717, 1.165) is 11.1 Å². The number of nitrogens with zero attached hydrogens (tertiary/aromatic N) is 1. The molecule has 0 aliphatic carbocycles. The third kappa shape index (κ3) is 3.97. The molecule has 0 aromatic heterocycles. The van der Waals surface area contributed by atoms with Gasteiger partial charge in [0.05, 0.1) is 13.1 Å². The summed E-state index contributed by atoms with van der Waals surface area (Å²) in [7, 11) is 0. The zero-order valence-corrected chi connectivity index (χ0v) is 13.6. The fourth-order valence-corrected chi connectivity index (χ4v) is 2.81. The molecule has 6 heteroatoms. The lowest BCUT2D eigenvalue weighted by Gasteiger charge is -2.48. The van der Waals surface area contributed by atoms with E-state index in [-0.39, 0.29) is 19.7 Å². The smallest absolute Gasteiger partial charge is 0.410 e. The van der Waals surface area contributed by atoms with Crippen LogP contribution in [0.3, 0.4) is 0 Å². The summed E-state index contributed by atoms with van der Waals surface area (Å²) in [6.45, 7) is 0.308. The normalized spacial score (nSPS) is 15.3. The molecule has 1 amide bonds. The van der Waals surface area contributed by atoms with Crippen molar-refractivity contribution in [2.75, 3.05) is 19.7 Å². The lowest BCUT2D eigenvalue weighted by Crippen LogP contribution is -2.63. The summed E-state index contributed by atoms with van der Waals surface area (Å²) in [4.78, 5) is 24.6. The summed E-state index contributed by atoms with van der Waals surface area (Å²) < 4.78 is 10.9. The van der Waals surface area contributed by atoms with Gasteiger partial charge in [-0.25, -0.2) is 9.59 Å². The number of carboxylic acid groups (broad SMARTS) is 1. The molecule has 2 aromatic rings. The first-order chi connectivity index (χ1) is 12.1. The highest BCUT2D eigenvalue weighted by Gasteiger charge is 2.48. The van der Waals surface area contributed by atoms with Crippen LogP contribution in [0.15, 0.2) is 60.7 Å². The maximum atomic E-state index is 12.2. The predicted molar refractivity (Wildman–Crippen MR) is 89.9 cm³/mol. The van der Waals surface area contributed by atoms with E-state index in [0.29, 0.717) is 0 Å². The van der Waals surface area contributed by atoms with Crippen LogP contribution in [0.5, 0.6) is 0 Å². The molecule has 130 valence electrons. The van der Waals surface area contributed by atoms with Crippen molar-refractivity contribution in [1.82, 2.24) is 4.90 Å². The molecule has 0 unspecified atom stereocenters. The van der Waals surface area contributed by atoms with Gasteiger partial charge >= 0.3 is 12.1 Å². The van der Waals surface area contributed by atoms with Gasteiger partial charge in [0.2, 0.25) is 0 Å². The molecule has 0 radical (unpaired) electrons. The van der Waals surface area contributed by atoms with Crippen LogP contribution in [-0.4, -0.2) is 41.8 Å². The van der Waals surface area contributed by atoms with Gasteiger partial charge < -0.3 is 19.5 Å². The van der Waals surface area contributed by atoms with E-state index in [2.05, 4.69) is 0 Å². The monoisotopic (exact) mass is 341 g/mol. The highest BCUT2D eigenvalue weighted by atomic mass is 16.6. The molecule has 0 bridgehead atoms. The Labute approximate surface area is 145 Å². The molecule has 1 saturated heterocycles. The standard InChI is InChI=1S/C19H19NO5/c21-17(22)12-25-19(16-9-5-2-6-10-16)13-20(14-19)18(23)24-11-15-7-3-1-4-8-15/h1-10H,11-14H2,(H,21,22). The molecule has 1 N–H and O–H groups in total. The number of carbonyl (C=O) groups excluding carboxylic acids is 1. The van der Waals surface area contributed by atoms with Crippen molar-refractivity contribution < 1.29 is 24.2 Å². The number of rotatable bonds is 6. The largest absolute Gasteiger partial charge is 0.480 e. The third-order valence-corrected chi connectivity index (χ3v) is 4.13. The molecule has 1 aliphatic heterocycles. The number of amides is 1. The SMILES string of the molecule is O=C(O)COC1(c2ccccc2)CN(C(=O)OCc2ccccc2)C1. The summed E-state index contributed by atoms with van der Waals surface area (Å²) in [5, 5.41) is 8.90. The van der Waals surface area contributed by atoms with Crippen LogP contribution in [0, 0.1) is 0 Å². The molecular weight excluding hydrogens is 322 g/mol. The van der Waals surface area contributed by atoms with Gasteiger partial charge in [-0.1, -0.05) is 60.7 Å². The van der Waals surface area contributed by atoms with Crippen LogP contribution in [-0.2, 0) is 26.5 Å². The van der Waals surface area contributed by atoms with Gasteiger partial charge in [0.15, 0.2) is 0 Å². The lowest BCUT2D eigenvalue weighted by molar-refractivity contribution is -0.168. The van der Waals surface area contributed by atoms with E-state index in [9.17, 15) is 9.59 Å². The van der Waals surface area contributed by atoms with Gasteiger partial charge in [0, 0.05) is 0 Å². The van der Waals surface area contributed by atoms with Gasteiger partial charge in [-0.15, -0.1) is 0 Å². The number of ether oxygens (including phenoxy) is 2. The Morgan fingerprint density at radius 1 is 1.00 bits per heavy atom. The minimum Gasteiger partial charge on any atom is -0.480 e. The molecule has 25 heavy (non-hydrogen) atoms. The third-order valence-electron chi connectivity index (χ3n) is 4.13. The maximum Gasteiger partial charge on any atom is 0.410 e. The quantitative estimate of drug-likeness (QED) is 0.874. The molecule has 6 nitrogen and oxygen atoms in total. The molecular formula is C19H19NO5. The first kappa shape index (κ1) is 17.0. The first-order valence-electron chi connectivity index (χ1n) is 7.96. The molecule has 0 spiro atoms. The average Bonchev–Trinajstić information content (AvgIpc) is 2.60. The number of carbonyl (C=O) groups is 2. The van der Waals surface area contributed by atoms with Crippen LogP contribution in [0.25, 0.3) is 0 Å². The van der Waals surface area contributed by atoms with Crippen LogP contribution in [0.4, 0.5) is 4.79 Å². The van der Waals surface area contributed by atoms with E-state index >= 15 is 0 Å². The minimum atomic E-state index is -1.04. The van der Waals surface area contributed by atoms with Crippen molar-refractivity contribution >= 4 is 12.1 Å². The molecule has 1 fully saturated rings. The molecule has 0 saturated carbocycles. The average molecular weight is 341 g/mol. The van der Waals surface area contributed by atoms with Gasteiger partial charge in [-0.3, -0.25) is 0 Å². The number of aliphatic carboxylic acids is 1. The van der Waals surface area contributed by atoms with Gasteiger partial charge in [0.1, 0.15) is 18.8 Å². The predicted octanol–water partition coefficient (Wildman–Crippen LogP) is 2.64. The minimum absolute atomic E-state index is 0.199. The Morgan fingerprint density at radius 3 is 2.20 bits per heavy atom. The van der Waals surface area contributed by atoms with Gasteiger partial charge in [0.25, 0.3) is 0 Å².